The Bertz CT molecular complexity index is 337. The van der Waals surface area contributed by atoms with Gasteiger partial charge in [-0.1, -0.05) is 12.8 Å². The Labute approximate surface area is 126 Å². The summed E-state index contributed by atoms with van der Waals surface area (Å²) in [5.41, 5.74) is 0. The van der Waals surface area contributed by atoms with E-state index < -0.39 is 19.9 Å². The maximum atomic E-state index is 13.3. The van der Waals surface area contributed by atoms with Crippen LogP contribution in [-0.4, -0.2) is 32.2 Å². The third-order valence-corrected chi connectivity index (χ3v) is 5.76. The average molecular weight is 324 g/mol. The molecular formula is C15H27F2O3P. The first-order valence-corrected chi connectivity index (χ1v) is 10.1. The predicted octanol–water partition coefficient (Wildman–Crippen LogP) is 4.90. The van der Waals surface area contributed by atoms with Crippen molar-refractivity contribution in [3.05, 3.63) is 0 Å². The van der Waals surface area contributed by atoms with Crippen LogP contribution in [-0.2, 0) is 13.6 Å². The molecule has 2 fully saturated rings. The van der Waals surface area contributed by atoms with Crippen molar-refractivity contribution in [3.63, 3.8) is 0 Å². The van der Waals surface area contributed by atoms with E-state index in [2.05, 4.69) is 0 Å². The second-order valence-electron chi connectivity index (χ2n) is 6.62. The van der Waals surface area contributed by atoms with Crippen molar-refractivity contribution in [2.75, 3.05) is 19.9 Å². The van der Waals surface area contributed by atoms with Gasteiger partial charge in [-0.3, -0.25) is 4.57 Å². The summed E-state index contributed by atoms with van der Waals surface area (Å²) >= 11 is 0. The molecule has 0 saturated heterocycles. The van der Waals surface area contributed by atoms with Crippen molar-refractivity contribution in [3.8, 4) is 0 Å². The summed E-state index contributed by atoms with van der Waals surface area (Å²) in [5.74, 6) is 0.269. The first-order chi connectivity index (χ1) is 9.94. The lowest BCUT2D eigenvalue weighted by molar-refractivity contribution is 0.108. The molecule has 2 aliphatic carbocycles. The van der Waals surface area contributed by atoms with E-state index in [1.807, 2.05) is 0 Å². The standard InChI is InChI=1S/C15H27F2O3P/c1-21(18,19-10-12-4-2-6-14(16)8-12)20-11-13-5-3-7-15(17)9-13/h12-15H,2-11H2,1H3. The van der Waals surface area contributed by atoms with Gasteiger partial charge < -0.3 is 9.05 Å². The van der Waals surface area contributed by atoms with Gasteiger partial charge in [0.15, 0.2) is 0 Å². The molecule has 21 heavy (non-hydrogen) atoms. The molecule has 0 N–H and O–H groups in total. The number of halogens is 2. The largest absolute Gasteiger partial charge is 0.327 e. The maximum absolute atomic E-state index is 13.3. The van der Waals surface area contributed by atoms with Crippen LogP contribution in [0.25, 0.3) is 0 Å². The summed E-state index contributed by atoms with van der Waals surface area (Å²) in [7, 11) is -3.11. The van der Waals surface area contributed by atoms with Crippen molar-refractivity contribution >= 4 is 7.60 Å². The Kier molecular flexibility index (Phi) is 6.64. The predicted molar refractivity (Wildman–Crippen MR) is 79.1 cm³/mol. The molecule has 3 nitrogen and oxygen atoms in total. The van der Waals surface area contributed by atoms with Gasteiger partial charge in [-0.25, -0.2) is 8.78 Å². The Morgan fingerprint density at radius 3 is 1.71 bits per heavy atom. The van der Waals surface area contributed by atoms with Gasteiger partial charge in [0, 0.05) is 6.66 Å². The van der Waals surface area contributed by atoms with Gasteiger partial charge in [-0.15, -0.1) is 0 Å². The van der Waals surface area contributed by atoms with Crippen LogP contribution in [0.4, 0.5) is 8.78 Å². The minimum absolute atomic E-state index is 0.135. The molecular weight excluding hydrogens is 297 g/mol. The van der Waals surface area contributed by atoms with Crippen LogP contribution >= 0.6 is 7.60 Å². The smallest absolute Gasteiger partial charge is 0.308 e. The Morgan fingerprint density at radius 2 is 1.33 bits per heavy atom. The quantitative estimate of drug-likeness (QED) is 0.652. The first-order valence-electron chi connectivity index (χ1n) is 8.09. The molecule has 2 aliphatic rings. The minimum Gasteiger partial charge on any atom is -0.308 e. The van der Waals surface area contributed by atoms with Crippen molar-refractivity contribution in [2.45, 2.75) is 63.7 Å². The number of hydrogen-bond acceptors (Lipinski definition) is 3. The third-order valence-electron chi connectivity index (χ3n) is 4.53. The normalized spacial score (nSPS) is 37.1. The van der Waals surface area contributed by atoms with E-state index in [4.69, 9.17) is 9.05 Å². The van der Waals surface area contributed by atoms with E-state index in [1.54, 1.807) is 0 Å². The molecule has 4 unspecified atom stereocenters. The summed E-state index contributed by atoms with van der Waals surface area (Å²) in [5, 5.41) is 0. The SMILES string of the molecule is CP(=O)(OCC1CCCC(F)C1)OCC1CCCC(F)C1. The van der Waals surface area contributed by atoms with E-state index in [-0.39, 0.29) is 11.8 Å². The number of rotatable bonds is 6. The summed E-state index contributed by atoms with van der Waals surface area (Å²) in [6, 6.07) is 0. The van der Waals surface area contributed by atoms with Crippen molar-refractivity contribution in [2.24, 2.45) is 11.8 Å². The topological polar surface area (TPSA) is 35.5 Å². The summed E-state index contributed by atoms with van der Waals surface area (Å²) in [4.78, 5) is 0. The zero-order chi connectivity index (χ0) is 15.3. The summed E-state index contributed by atoms with van der Waals surface area (Å²) < 4.78 is 49.6. The first kappa shape index (κ1) is 17.4. The molecule has 0 aromatic carbocycles. The van der Waals surface area contributed by atoms with Gasteiger partial charge in [-0.2, -0.15) is 0 Å². The van der Waals surface area contributed by atoms with Gasteiger partial charge in [0.1, 0.15) is 12.3 Å². The van der Waals surface area contributed by atoms with Crippen LogP contribution in [0.1, 0.15) is 51.4 Å². The van der Waals surface area contributed by atoms with Crippen molar-refractivity contribution in [1.29, 1.82) is 0 Å². The van der Waals surface area contributed by atoms with E-state index in [0.29, 0.717) is 38.9 Å². The van der Waals surface area contributed by atoms with Gasteiger partial charge in [0.2, 0.25) is 0 Å². The fourth-order valence-electron chi connectivity index (χ4n) is 3.27. The van der Waals surface area contributed by atoms with E-state index >= 15 is 0 Å². The highest BCUT2D eigenvalue weighted by atomic mass is 31.2. The third kappa shape index (κ3) is 6.33. The van der Waals surface area contributed by atoms with E-state index in [1.165, 1.54) is 6.66 Å². The summed E-state index contributed by atoms with van der Waals surface area (Å²) in [6.07, 6.45) is 4.30. The second-order valence-corrected chi connectivity index (χ2v) is 8.68. The molecule has 6 heteroatoms. The van der Waals surface area contributed by atoms with Crippen molar-refractivity contribution < 1.29 is 22.4 Å². The molecule has 0 spiro atoms. The summed E-state index contributed by atoms with van der Waals surface area (Å²) in [6.45, 7) is 2.05. The van der Waals surface area contributed by atoms with Gasteiger partial charge in [0.05, 0.1) is 13.2 Å². The molecule has 0 aliphatic heterocycles. The van der Waals surface area contributed by atoms with Crippen LogP contribution in [0.3, 0.4) is 0 Å². The van der Waals surface area contributed by atoms with Gasteiger partial charge in [-0.05, 0) is 50.4 Å². The van der Waals surface area contributed by atoms with Crippen LogP contribution < -0.4 is 0 Å². The molecule has 0 heterocycles. The highest BCUT2D eigenvalue weighted by Gasteiger charge is 2.27. The Morgan fingerprint density at radius 1 is 0.905 bits per heavy atom. The van der Waals surface area contributed by atoms with Crippen LogP contribution in [0.5, 0.6) is 0 Å². The Balaban J connectivity index is 1.67. The molecule has 124 valence electrons. The lowest BCUT2D eigenvalue weighted by atomic mass is 9.89. The highest BCUT2D eigenvalue weighted by Crippen LogP contribution is 2.46. The molecule has 0 radical (unpaired) electrons. The second kappa shape index (κ2) is 8.03. The fraction of sp³-hybridized carbons (Fsp3) is 1.00. The van der Waals surface area contributed by atoms with Crippen LogP contribution in [0, 0.1) is 11.8 Å². The zero-order valence-electron chi connectivity index (χ0n) is 12.8. The maximum Gasteiger partial charge on any atom is 0.327 e. The fourth-order valence-corrected chi connectivity index (χ4v) is 4.31. The van der Waals surface area contributed by atoms with E-state index in [9.17, 15) is 13.3 Å². The monoisotopic (exact) mass is 324 g/mol. The highest BCUT2D eigenvalue weighted by molar-refractivity contribution is 7.52. The van der Waals surface area contributed by atoms with Crippen LogP contribution in [0.15, 0.2) is 0 Å². The number of alkyl halides is 2. The van der Waals surface area contributed by atoms with E-state index in [0.717, 1.165) is 25.7 Å². The van der Waals surface area contributed by atoms with Crippen molar-refractivity contribution in [1.82, 2.24) is 0 Å². The average Bonchev–Trinajstić information content (AvgIpc) is 2.44. The minimum atomic E-state index is -3.11. The lowest BCUT2D eigenvalue weighted by Gasteiger charge is -2.27. The lowest BCUT2D eigenvalue weighted by Crippen LogP contribution is -2.21. The molecule has 2 rings (SSSR count). The number of hydrogen-bond donors (Lipinski definition) is 0. The van der Waals surface area contributed by atoms with Gasteiger partial charge >= 0.3 is 7.60 Å². The van der Waals surface area contributed by atoms with Crippen LogP contribution in [0.2, 0.25) is 0 Å². The molecule has 4 atom stereocenters. The molecule has 0 aromatic rings. The Hall–Kier alpha value is 0.01000. The molecule has 2 saturated carbocycles. The van der Waals surface area contributed by atoms with Gasteiger partial charge in [0.25, 0.3) is 0 Å². The zero-order valence-corrected chi connectivity index (χ0v) is 13.7. The molecule has 0 amide bonds. The molecule has 0 bridgehead atoms. The molecule has 0 aromatic heterocycles.